The van der Waals surface area contributed by atoms with Gasteiger partial charge in [-0.1, -0.05) is 0 Å². The minimum atomic E-state index is 0.418. The molecule has 0 radical (unpaired) electrons. The number of rotatable bonds is 4. The SMILES string of the molecule is COc1ccc(Oc2cc(N)n3nc(-c4ccco4)nc3c2)cc1. The summed E-state index contributed by atoms with van der Waals surface area (Å²) in [5.74, 6) is 3.47. The summed E-state index contributed by atoms with van der Waals surface area (Å²) in [7, 11) is 1.62. The highest BCUT2D eigenvalue weighted by molar-refractivity contribution is 5.58. The third-order valence-electron chi connectivity index (χ3n) is 3.47. The fourth-order valence-electron chi connectivity index (χ4n) is 2.33. The molecule has 3 heterocycles. The standard InChI is InChI=1S/C17H14N4O3/c1-22-11-4-6-12(7-5-11)24-13-9-15(18)21-16(10-13)19-17(20-21)14-3-2-8-23-14/h2-10H,18H2,1H3. The number of aromatic nitrogens is 3. The van der Waals surface area contributed by atoms with E-state index in [4.69, 9.17) is 19.6 Å². The van der Waals surface area contributed by atoms with Gasteiger partial charge in [0.15, 0.2) is 11.4 Å². The number of nitrogen functional groups attached to an aromatic ring is 1. The average Bonchev–Trinajstić information content (AvgIpc) is 3.25. The Morgan fingerprint density at radius 1 is 1.04 bits per heavy atom. The van der Waals surface area contributed by atoms with E-state index in [0.29, 0.717) is 34.5 Å². The minimum Gasteiger partial charge on any atom is -0.497 e. The molecule has 0 saturated carbocycles. The fourth-order valence-corrected chi connectivity index (χ4v) is 2.33. The molecule has 0 saturated heterocycles. The highest BCUT2D eigenvalue weighted by Gasteiger charge is 2.12. The van der Waals surface area contributed by atoms with Gasteiger partial charge >= 0.3 is 0 Å². The smallest absolute Gasteiger partial charge is 0.217 e. The van der Waals surface area contributed by atoms with E-state index >= 15 is 0 Å². The van der Waals surface area contributed by atoms with Crippen molar-refractivity contribution >= 4 is 11.5 Å². The second-order valence-corrected chi connectivity index (χ2v) is 5.08. The summed E-state index contributed by atoms with van der Waals surface area (Å²) in [5, 5.41) is 4.34. The van der Waals surface area contributed by atoms with Crippen LogP contribution in [-0.2, 0) is 0 Å². The monoisotopic (exact) mass is 322 g/mol. The van der Waals surface area contributed by atoms with Crippen molar-refractivity contribution in [2.45, 2.75) is 0 Å². The summed E-state index contributed by atoms with van der Waals surface area (Å²) in [5.41, 5.74) is 6.63. The molecule has 0 fully saturated rings. The van der Waals surface area contributed by atoms with Crippen molar-refractivity contribution in [3.05, 3.63) is 54.8 Å². The third kappa shape index (κ3) is 2.52. The van der Waals surface area contributed by atoms with E-state index in [-0.39, 0.29) is 0 Å². The molecule has 0 atom stereocenters. The number of fused-ring (bicyclic) bond motifs is 1. The molecular weight excluding hydrogens is 308 g/mol. The predicted molar refractivity (Wildman–Crippen MR) is 88.2 cm³/mol. The zero-order valence-corrected chi connectivity index (χ0v) is 12.8. The number of nitrogens with two attached hydrogens (primary N) is 1. The molecule has 1 aromatic carbocycles. The molecule has 3 aromatic heterocycles. The van der Waals surface area contributed by atoms with E-state index in [1.54, 1.807) is 42.2 Å². The van der Waals surface area contributed by atoms with Crippen LogP contribution >= 0.6 is 0 Å². The number of pyridine rings is 1. The van der Waals surface area contributed by atoms with Gasteiger partial charge in [-0.3, -0.25) is 0 Å². The van der Waals surface area contributed by atoms with E-state index in [1.807, 2.05) is 24.3 Å². The molecular formula is C17H14N4O3. The first-order chi connectivity index (χ1) is 11.7. The zero-order chi connectivity index (χ0) is 16.5. The van der Waals surface area contributed by atoms with Crippen molar-refractivity contribution in [1.82, 2.24) is 14.6 Å². The summed E-state index contributed by atoms with van der Waals surface area (Å²) in [6.45, 7) is 0. The highest BCUT2D eigenvalue weighted by Crippen LogP contribution is 2.27. The van der Waals surface area contributed by atoms with Gasteiger partial charge in [0.25, 0.3) is 0 Å². The molecule has 7 nitrogen and oxygen atoms in total. The van der Waals surface area contributed by atoms with Crippen molar-refractivity contribution in [3.63, 3.8) is 0 Å². The second kappa shape index (κ2) is 5.62. The van der Waals surface area contributed by atoms with Gasteiger partial charge in [0, 0.05) is 12.1 Å². The van der Waals surface area contributed by atoms with Gasteiger partial charge in [0.1, 0.15) is 23.1 Å². The van der Waals surface area contributed by atoms with Crippen LogP contribution in [0.15, 0.2) is 59.2 Å². The van der Waals surface area contributed by atoms with Crippen LogP contribution in [0.5, 0.6) is 17.2 Å². The topological polar surface area (TPSA) is 87.8 Å². The molecule has 0 bridgehead atoms. The van der Waals surface area contributed by atoms with Gasteiger partial charge in [-0.25, -0.2) is 4.98 Å². The zero-order valence-electron chi connectivity index (χ0n) is 12.8. The van der Waals surface area contributed by atoms with Crippen LogP contribution < -0.4 is 15.2 Å². The van der Waals surface area contributed by atoms with Crippen LogP contribution in [0, 0.1) is 0 Å². The molecule has 2 N–H and O–H groups in total. The van der Waals surface area contributed by atoms with Crippen LogP contribution in [0.4, 0.5) is 5.82 Å². The van der Waals surface area contributed by atoms with Crippen molar-refractivity contribution in [1.29, 1.82) is 0 Å². The summed E-state index contributed by atoms with van der Waals surface area (Å²) >= 11 is 0. The number of benzene rings is 1. The number of hydrogen-bond acceptors (Lipinski definition) is 6. The minimum absolute atomic E-state index is 0.418. The summed E-state index contributed by atoms with van der Waals surface area (Å²) in [6.07, 6.45) is 1.57. The van der Waals surface area contributed by atoms with Crippen LogP contribution in [0.2, 0.25) is 0 Å². The van der Waals surface area contributed by atoms with Gasteiger partial charge < -0.3 is 19.6 Å². The Kier molecular flexibility index (Phi) is 3.31. The molecule has 0 aliphatic rings. The summed E-state index contributed by atoms with van der Waals surface area (Å²) in [4.78, 5) is 4.42. The number of nitrogens with zero attached hydrogens (tertiary/aromatic N) is 3. The lowest BCUT2D eigenvalue weighted by Crippen LogP contribution is -1.99. The van der Waals surface area contributed by atoms with Gasteiger partial charge in [0.05, 0.1) is 13.4 Å². The molecule has 0 unspecified atom stereocenters. The molecule has 7 heteroatoms. The predicted octanol–water partition coefficient (Wildman–Crippen LogP) is 3.37. The van der Waals surface area contributed by atoms with Gasteiger partial charge in [-0.2, -0.15) is 4.52 Å². The normalized spacial score (nSPS) is 10.9. The number of ether oxygens (including phenoxy) is 2. The maximum absolute atomic E-state index is 6.05. The first-order valence-electron chi connectivity index (χ1n) is 7.25. The lowest BCUT2D eigenvalue weighted by Gasteiger charge is -2.08. The van der Waals surface area contributed by atoms with Crippen LogP contribution in [0.1, 0.15) is 0 Å². The fraction of sp³-hybridized carbons (Fsp3) is 0.0588. The molecule has 4 rings (SSSR count). The average molecular weight is 322 g/mol. The van der Waals surface area contributed by atoms with Crippen molar-refractivity contribution in [2.24, 2.45) is 0 Å². The molecule has 4 aromatic rings. The van der Waals surface area contributed by atoms with Gasteiger partial charge in [-0.15, -0.1) is 5.10 Å². The third-order valence-corrected chi connectivity index (χ3v) is 3.47. The van der Waals surface area contributed by atoms with Gasteiger partial charge in [-0.05, 0) is 36.4 Å². The Hall–Kier alpha value is -3.48. The molecule has 120 valence electrons. The molecule has 0 aliphatic heterocycles. The van der Waals surface area contributed by atoms with E-state index in [1.165, 1.54) is 0 Å². The Bertz CT molecular complexity index is 975. The second-order valence-electron chi connectivity index (χ2n) is 5.08. The Morgan fingerprint density at radius 2 is 1.83 bits per heavy atom. The number of anilines is 1. The number of furan rings is 1. The number of hydrogen-bond donors (Lipinski definition) is 1. The molecule has 0 spiro atoms. The van der Waals surface area contributed by atoms with E-state index < -0.39 is 0 Å². The van der Waals surface area contributed by atoms with Crippen LogP contribution in [-0.4, -0.2) is 21.7 Å². The first kappa shape index (κ1) is 14.1. The molecule has 24 heavy (non-hydrogen) atoms. The highest BCUT2D eigenvalue weighted by atomic mass is 16.5. The van der Waals surface area contributed by atoms with Crippen LogP contribution in [0.3, 0.4) is 0 Å². The van der Waals surface area contributed by atoms with Crippen molar-refractivity contribution < 1.29 is 13.9 Å². The van der Waals surface area contributed by atoms with E-state index in [0.717, 1.165) is 5.75 Å². The van der Waals surface area contributed by atoms with E-state index in [9.17, 15) is 0 Å². The molecule has 0 aliphatic carbocycles. The Balaban J connectivity index is 1.68. The summed E-state index contributed by atoms with van der Waals surface area (Å²) in [6, 6.07) is 14.3. The van der Waals surface area contributed by atoms with Crippen LogP contribution in [0.25, 0.3) is 17.2 Å². The lowest BCUT2D eigenvalue weighted by molar-refractivity contribution is 0.413. The maximum atomic E-state index is 6.05. The molecule has 0 amide bonds. The number of methoxy groups -OCH3 is 1. The quantitative estimate of drug-likeness (QED) is 0.620. The van der Waals surface area contributed by atoms with Crippen molar-refractivity contribution in [3.8, 4) is 28.8 Å². The Morgan fingerprint density at radius 3 is 2.54 bits per heavy atom. The van der Waals surface area contributed by atoms with Crippen molar-refractivity contribution in [2.75, 3.05) is 12.8 Å². The maximum Gasteiger partial charge on any atom is 0.217 e. The largest absolute Gasteiger partial charge is 0.497 e. The van der Waals surface area contributed by atoms with Gasteiger partial charge in [0.2, 0.25) is 5.82 Å². The summed E-state index contributed by atoms with van der Waals surface area (Å²) < 4.78 is 17.8. The first-order valence-corrected chi connectivity index (χ1v) is 7.25. The Labute approximate surface area is 137 Å². The lowest BCUT2D eigenvalue weighted by atomic mass is 10.3. The van der Waals surface area contributed by atoms with E-state index in [2.05, 4.69) is 10.1 Å².